The summed E-state index contributed by atoms with van der Waals surface area (Å²) in [6.45, 7) is 4.68. The summed E-state index contributed by atoms with van der Waals surface area (Å²) in [5, 5.41) is 11.8. The van der Waals surface area contributed by atoms with E-state index >= 15 is 0 Å². The van der Waals surface area contributed by atoms with Crippen LogP contribution in [-0.2, 0) is 15.1 Å². The van der Waals surface area contributed by atoms with Crippen molar-refractivity contribution in [2.24, 2.45) is 5.92 Å². The molecule has 5 nitrogen and oxygen atoms in total. The van der Waals surface area contributed by atoms with Crippen LogP contribution in [0.25, 0.3) is 0 Å². The number of benzene rings is 3. The Labute approximate surface area is 221 Å². The highest BCUT2D eigenvalue weighted by Gasteiger charge is 2.50. The Balaban J connectivity index is 1.25. The third kappa shape index (κ3) is 5.22. The lowest BCUT2D eigenvalue weighted by molar-refractivity contribution is -0.946. The molecule has 3 aromatic rings. The average molecular weight is 552 g/mol. The summed E-state index contributed by atoms with van der Waals surface area (Å²) in [5.74, 6) is 0.641. The number of fused-ring (bicyclic) bond motifs is 3. The first-order chi connectivity index (χ1) is 17.5. The molecule has 3 aromatic carbocycles. The Morgan fingerprint density at radius 3 is 2.08 bits per heavy atom. The fraction of sp³-hybridized carbons (Fsp3) is 0.367. The van der Waals surface area contributed by atoms with Gasteiger partial charge in [0.2, 0.25) is 5.60 Å². The predicted octanol–water partition coefficient (Wildman–Crippen LogP) is 5.31. The lowest BCUT2D eigenvalue weighted by atomic mass is 9.82. The van der Waals surface area contributed by atoms with Gasteiger partial charge in [0, 0.05) is 29.7 Å². The minimum atomic E-state index is -1.84. The van der Waals surface area contributed by atoms with Crippen molar-refractivity contribution in [1.82, 2.24) is 0 Å². The van der Waals surface area contributed by atoms with Gasteiger partial charge in [-0.3, -0.25) is 0 Å². The molecule has 3 aliphatic rings. The highest BCUT2D eigenvalue weighted by molar-refractivity contribution is 9.10. The maximum atomic E-state index is 13.7. The van der Waals surface area contributed by atoms with Crippen LogP contribution in [0.2, 0.25) is 0 Å². The molecule has 1 N–H and O–H groups in total. The van der Waals surface area contributed by atoms with Gasteiger partial charge in [0.1, 0.15) is 12.3 Å². The largest absolute Gasteiger partial charge is 0.493 e. The molecule has 0 amide bonds. The van der Waals surface area contributed by atoms with Crippen molar-refractivity contribution in [3.63, 3.8) is 0 Å². The minimum absolute atomic E-state index is 0.189. The summed E-state index contributed by atoms with van der Waals surface area (Å²) in [6, 6.07) is 26.1. The minimum Gasteiger partial charge on any atom is -0.493 e. The van der Waals surface area contributed by atoms with E-state index in [1.807, 2.05) is 60.7 Å². The Morgan fingerprint density at radius 2 is 1.50 bits per heavy atom. The van der Waals surface area contributed by atoms with Crippen molar-refractivity contribution >= 4 is 21.9 Å². The van der Waals surface area contributed by atoms with Crippen LogP contribution < -0.4 is 4.74 Å². The maximum absolute atomic E-state index is 13.7. The molecule has 3 saturated heterocycles. The molecule has 2 bridgehead atoms. The van der Waals surface area contributed by atoms with E-state index in [0.29, 0.717) is 23.7 Å². The number of hydrogen-bond donors (Lipinski definition) is 1. The molecule has 0 aromatic heterocycles. The van der Waals surface area contributed by atoms with Gasteiger partial charge in [0.05, 0.1) is 26.2 Å². The van der Waals surface area contributed by atoms with Crippen LogP contribution >= 0.6 is 15.9 Å². The van der Waals surface area contributed by atoms with E-state index in [2.05, 4.69) is 15.9 Å². The number of hydrogen-bond acceptors (Lipinski definition) is 4. The summed E-state index contributed by atoms with van der Waals surface area (Å²) in [5.41, 5.74) is -0.786. The Bertz CT molecular complexity index is 1110. The third-order valence-electron chi connectivity index (χ3n) is 7.84. The second kappa shape index (κ2) is 10.8. The van der Waals surface area contributed by atoms with Gasteiger partial charge in [-0.25, -0.2) is 4.79 Å². The van der Waals surface area contributed by atoms with E-state index < -0.39 is 11.6 Å². The molecule has 36 heavy (non-hydrogen) atoms. The topological polar surface area (TPSA) is 55.8 Å². The summed E-state index contributed by atoms with van der Waals surface area (Å²) < 4.78 is 14.1. The number of halogens is 1. The van der Waals surface area contributed by atoms with Crippen molar-refractivity contribution in [2.75, 3.05) is 32.8 Å². The Morgan fingerprint density at radius 1 is 0.917 bits per heavy atom. The lowest BCUT2D eigenvalue weighted by Crippen LogP contribution is -2.65. The quantitative estimate of drug-likeness (QED) is 0.223. The fourth-order valence-corrected chi connectivity index (χ4v) is 6.04. The first kappa shape index (κ1) is 25.0. The van der Waals surface area contributed by atoms with Crippen molar-refractivity contribution in [3.8, 4) is 5.75 Å². The summed E-state index contributed by atoms with van der Waals surface area (Å²) in [4.78, 5) is 13.7. The predicted molar refractivity (Wildman–Crippen MR) is 142 cm³/mol. The molecule has 1 unspecified atom stereocenters. The number of piperidine rings is 3. The highest BCUT2D eigenvalue weighted by Crippen LogP contribution is 2.38. The van der Waals surface area contributed by atoms with E-state index in [-0.39, 0.29) is 6.10 Å². The van der Waals surface area contributed by atoms with E-state index in [1.54, 1.807) is 24.3 Å². The molecule has 3 aliphatic heterocycles. The lowest BCUT2D eigenvalue weighted by Gasteiger charge is -2.52. The summed E-state index contributed by atoms with van der Waals surface area (Å²) >= 11 is 3.45. The molecule has 6 rings (SSSR count). The second-order valence-corrected chi connectivity index (χ2v) is 11.0. The maximum Gasteiger partial charge on any atom is 0.348 e. The SMILES string of the molecule is O=C(OC1C[N+]2(CCCOc3ccc(Br)cc3)CCC1CC2)C(O)(c1ccccc1)c1ccccc1. The Hall–Kier alpha value is -2.67. The van der Waals surface area contributed by atoms with Gasteiger partial charge in [-0.05, 0) is 35.4 Å². The number of esters is 1. The molecule has 3 heterocycles. The number of ether oxygens (including phenoxy) is 2. The third-order valence-corrected chi connectivity index (χ3v) is 8.37. The second-order valence-electron chi connectivity index (χ2n) is 10.1. The first-order valence-electron chi connectivity index (χ1n) is 12.8. The van der Waals surface area contributed by atoms with Gasteiger partial charge in [0.15, 0.2) is 6.10 Å². The van der Waals surface area contributed by atoms with Gasteiger partial charge < -0.3 is 19.1 Å². The van der Waals surface area contributed by atoms with Crippen LogP contribution in [0.3, 0.4) is 0 Å². The molecule has 0 radical (unpaired) electrons. The molecular weight excluding hydrogens is 518 g/mol. The number of rotatable bonds is 9. The van der Waals surface area contributed by atoms with Crippen molar-refractivity contribution in [2.45, 2.75) is 31.0 Å². The monoisotopic (exact) mass is 550 g/mol. The summed E-state index contributed by atoms with van der Waals surface area (Å²) in [7, 11) is 0. The highest BCUT2D eigenvalue weighted by atomic mass is 79.9. The number of carbonyl (C=O) groups excluding carboxylic acids is 1. The standard InChI is InChI=1S/C30H33BrNO4/c31-26-12-14-27(15-13-26)35-21-7-18-32-19-16-23(17-20-32)28(22-32)36-29(33)30(34,24-8-3-1-4-9-24)25-10-5-2-6-11-25/h1-6,8-15,23,28,34H,7,16-22H2/q+1. The molecular formula is C30H33BrNO4+. The van der Waals surface area contributed by atoms with Gasteiger partial charge in [-0.1, -0.05) is 76.6 Å². The van der Waals surface area contributed by atoms with E-state index in [4.69, 9.17) is 9.47 Å². The molecule has 0 saturated carbocycles. The van der Waals surface area contributed by atoms with Gasteiger partial charge in [0.25, 0.3) is 0 Å². The van der Waals surface area contributed by atoms with Gasteiger partial charge in [-0.2, -0.15) is 0 Å². The van der Waals surface area contributed by atoms with Crippen LogP contribution in [0.15, 0.2) is 89.4 Å². The van der Waals surface area contributed by atoms with Crippen LogP contribution in [0.5, 0.6) is 5.75 Å². The molecule has 3 fully saturated rings. The van der Waals surface area contributed by atoms with Crippen LogP contribution in [-0.4, -0.2) is 54.4 Å². The zero-order valence-electron chi connectivity index (χ0n) is 20.4. The van der Waals surface area contributed by atoms with Gasteiger partial charge >= 0.3 is 5.97 Å². The zero-order valence-corrected chi connectivity index (χ0v) is 22.0. The number of quaternary nitrogens is 1. The summed E-state index contributed by atoms with van der Waals surface area (Å²) in [6.07, 6.45) is 2.84. The van der Waals surface area contributed by atoms with Crippen LogP contribution in [0.4, 0.5) is 0 Å². The molecule has 1 atom stereocenters. The molecule has 0 spiro atoms. The average Bonchev–Trinajstić information content (AvgIpc) is 2.93. The van der Waals surface area contributed by atoms with Crippen LogP contribution in [0, 0.1) is 5.92 Å². The number of carbonyl (C=O) groups is 1. The van der Waals surface area contributed by atoms with Crippen molar-refractivity contribution in [1.29, 1.82) is 0 Å². The zero-order chi connectivity index (χ0) is 25.0. The smallest absolute Gasteiger partial charge is 0.348 e. The van der Waals surface area contributed by atoms with Gasteiger partial charge in [-0.15, -0.1) is 0 Å². The van der Waals surface area contributed by atoms with Crippen LogP contribution in [0.1, 0.15) is 30.4 Å². The number of nitrogens with zero attached hydrogens (tertiary/aromatic N) is 1. The Kier molecular flexibility index (Phi) is 7.47. The first-order valence-corrected chi connectivity index (χ1v) is 13.6. The van der Waals surface area contributed by atoms with Crippen molar-refractivity contribution < 1.29 is 23.9 Å². The van der Waals surface area contributed by atoms with E-state index in [1.165, 1.54) is 0 Å². The van der Waals surface area contributed by atoms with E-state index in [9.17, 15) is 9.90 Å². The molecule has 0 aliphatic carbocycles. The molecule has 6 heteroatoms. The van der Waals surface area contributed by atoms with Crippen molar-refractivity contribution in [3.05, 3.63) is 101 Å². The normalized spacial score (nSPS) is 23.3. The number of aliphatic hydroxyl groups is 1. The fourth-order valence-electron chi connectivity index (χ4n) is 5.77. The van der Waals surface area contributed by atoms with E-state index in [0.717, 1.165) is 60.1 Å². The molecule has 188 valence electrons.